The molecule has 3 aliphatic heterocycles. The summed E-state index contributed by atoms with van der Waals surface area (Å²) in [4.78, 5) is 11.0. The maximum absolute atomic E-state index is 12.6. The highest BCUT2D eigenvalue weighted by Crippen LogP contribution is 2.44. The molecule has 0 radical (unpaired) electrons. The molecule has 0 aliphatic carbocycles. The van der Waals surface area contributed by atoms with Crippen molar-refractivity contribution in [1.29, 1.82) is 0 Å². The smallest absolute Gasteiger partial charge is 0.325 e. The summed E-state index contributed by atoms with van der Waals surface area (Å²) in [7, 11) is 0. The third-order valence-corrected chi connectivity index (χ3v) is 7.36. The zero-order valence-electron chi connectivity index (χ0n) is 17.2. The summed E-state index contributed by atoms with van der Waals surface area (Å²) < 4.78 is 24.6. The molecular weight excluding hydrogens is 386 g/mol. The van der Waals surface area contributed by atoms with Crippen LogP contribution in [0, 0.1) is 11.3 Å². The molecule has 0 aromatic heterocycles. The summed E-state index contributed by atoms with van der Waals surface area (Å²) >= 11 is -1.56. The second-order valence-electron chi connectivity index (χ2n) is 9.34. The number of carboxylic acid groups (broad SMARTS) is 1. The number of aliphatic carboxylic acids is 1. The van der Waals surface area contributed by atoms with Gasteiger partial charge in [-0.15, -0.1) is 0 Å². The molecule has 3 rings (SSSR count). The number of nitrogens with two attached hydrogens (primary N) is 1. The molecule has 28 heavy (non-hydrogen) atoms. The number of hydrogen-bond donors (Lipinski definition) is 4. The Kier molecular flexibility index (Phi) is 7.80. The summed E-state index contributed by atoms with van der Waals surface area (Å²) in [5.74, 6) is -1.84. The van der Waals surface area contributed by atoms with Crippen LogP contribution in [-0.2, 0) is 25.4 Å². The molecule has 0 aromatic rings. The molecule has 2 bridgehead atoms. The van der Waals surface area contributed by atoms with Gasteiger partial charge >= 0.3 is 5.97 Å². The van der Waals surface area contributed by atoms with Gasteiger partial charge in [0, 0.05) is 5.92 Å². The van der Waals surface area contributed by atoms with Crippen LogP contribution in [-0.4, -0.2) is 73.6 Å². The van der Waals surface area contributed by atoms with Crippen molar-refractivity contribution in [3.63, 3.8) is 0 Å². The average molecular weight is 422 g/mol. The van der Waals surface area contributed by atoms with Gasteiger partial charge in [-0.25, -0.2) is 0 Å². The van der Waals surface area contributed by atoms with Crippen molar-refractivity contribution < 1.29 is 34.1 Å². The highest BCUT2D eigenvalue weighted by atomic mass is 32.2. The van der Waals surface area contributed by atoms with Gasteiger partial charge in [-0.3, -0.25) is 4.79 Å². The lowest BCUT2D eigenvalue weighted by molar-refractivity contribution is -0.316. The van der Waals surface area contributed by atoms with E-state index in [1.54, 1.807) is 0 Å². The van der Waals surface area contributed by atoms with Crippen LogP contribution < -0.4 is 5.73 Å². The lowest BCUT2D eigenvalue weighted by atomic mass is 9.68. The first-order chi connectivity index (χ1) is 12.8. The minimum Gasteiger partial charge on any atom is -0.616 e. The zero-order valence-corrected chi connectivity index (χ0v) is 18.0. The molecule has 0 aromatic carbocycles. The van der Waals surface area contributed by atoms with Crippen LogP contribution in [0.1, 0.15) is 53.4 Å². The minimum absolute atomic E-state index is 0.0269. The van der Waals surface area contributed by atoms with Gasteiger partial charge in [0.15, 0.2) is 6.29 Å². The summed E-state index contributed by atoms with van der Waals surface area (Å²) in [6.45, 7) is 7.87. The molecule has 3 saturated heterocycles. The Bertz CT molecular complexity index is 542. The molecule has 5 N–H and O–H groups in total. The first-order valence-electron chi connectivity index (χ1n) is 9.87. The Labute approximate surface area is 170 Å². The van der Waals surface area contributed by atoms with Crippen molar-refractivity contribution in [3.05, 3.63) is 0 Å². The Hall–Kier alpha value is -0.420. The van der Waals surface area contributed by atoms with Crippen LogP contribution in [0.15, 0.2) is 0 Å². The van der Waals surface area contributed by atoms with E-state index >= 15 is 0 Å². The molecule has 3 fully saturated rings. The van der Waals surface area contributed by atoms with Crippen molar-refractivity contribution in [2.24, 2.45) is 17.1 Å². The Morgan fingerprint density at radius 3 is 2.43 bits per heavy atom. The maximum atomic E-state index is 12.6. The topological polar surface area (TPSA) is 145 Å². The Morgan fingerprint density at radius 1 is 1.21 bits per heavy atom. The lowest BCUT2D eigenvalue weighted by Crippen LogP contribution is -2.61. The largest absolute Gasteiger partial charge is 0.616 e. The number of aliphatic hydroxyl groups is 2. The number of aliphatic hydroxyl groups excluding tert-OH is 2. The molecule has 7 unspecified atom stereocenters. The summed E-state index contributed by atoms with van der Waals surface area (Å²) in [6, 6.07) is -1.22. The summed E-state index contributed by atoms with van der Waals surface area (Å²) in [6.07, 6.45) is -0.510. The fraction of sp³-hybridized carbons (Fsp3) is 0.947. The van der Waals surface area contributed by atoms with E-state index in [0.717, 1.165) is 25.7 Å². The van der Waals surface area contributed by atoms with Gasteiger partial charge in [-0.1, -0.05) is 26.7 Å². The lowest BCUT2D eigenvalue weighted by Gasteiger charge is -2.49. The molecule has 8 nitrogen and oxygen atoms in total. The van der Waals surface area contributed by atoms with E-state index in [4.69, 9.17) is 20.3 Å². The third-order valence-electron chi connectivity index (χ3n) is 5.93. The molecule has 0 saturated carbocycles. The standard InChI is InChI=1S/C19H35NO7S/c1-18(2)7-5-6-8-19(3,4)27-17-15(22)14(21)13(18)12(26-17)10-28(25)9-11(20)16(23)24/h11-15,17,21-22H,5-10,20H2,1-4H3,(H,23,24). The van der Waals surface area contributed by atoms with E-state index in [1.165, 1.54) is 0 Å². The zero-order chi connectivity index (χ0) is 21.3. The van der Waals surface area contributed by atoms with E-state index in [-0.39, 0.29) is 16.9 Å². The monoisotopic (exact) mass is 421 g/mol. The van der Waals surface area contributed by atoms with Crippen LogP contribution in [0.25, 0.3) is 0 Å². The van der Waals surface area contributed by atoms with Crippen LogP contribution in [0.4, 0.5) is 0 Å². The van der Waals surface area contributed by atoms with Crippen LogP contribution in [0.3, 0.4) is 0 Å². The highest BCUT2D eigenvalue weighted by molar-refractivity contribution is 7.91. The Balaban J connectivity index is 2.28. The van der Waals surface area contributed by atoms with Gasteiger partial charge in [-0.05, 0) is 43.3 Å². The first-order valence-corrected chi connectivity index (χ1v) is 11.4. The third kappa shape index (κ3) is 5.81. The van der Waals surface area contributed by atoms with E-state index in [0.29, 0.717) is 0 Å². The summed E-state index contributed by atoms with van der Waals surface area (Å²) in [5.41, 5.74) is 4.60. The number of carboxylic acids is 1. The van der Waals surface area contributed by atoms with Crippen LogP contribution in [0.5, 0.6) is 0 Å². The van der Waals surface area contributed by atoms with E-state index < -0.39 is 59.3 Å². The van der Waals surface area contributed by atoms with Gasteiger partial charge in [0.1, 0.15) is 29.8 Å². The van der Waals surface area contributed by atoms with Crippen molar-refractivity contribution in [2.45, 2.75) is 89.6 Å². The van der Waals surface area contributed by atoms with Crippen LogP contribution in [0.2, 0.25) is 0 Å². The Morgan fingerprint density at radius 2 is 1.82 bits per heavy atom. The van der Waals surface area contributed by atoms with Crippen LogP contribution >= 0.6 is 0 Å². The number of fused-ring (bicyclic) bond motifs is 8. The van der Waals surface area contributed by atoms with Gasteiger partial charge < -0.3 is 35.1 Å². The van der Waals surface area contributed by atoms with Crippen molar-refractivity contribution in [2.75, 3.05) is 11.5 Å². The molecule has 7 atom stereocenters. The number of carbonyl (C=O) groups is 1. The second-order valence-corrected chi connectivity index (χ2v) is 10.9. The van der Waals surface area contributed by atoms with E-state index in [2.05, 4.69) is 0 Å². The van der Waals surface area contributed by atoms with Gasteiger partial charge in [0.25, 0.3) is 0 Å². The predicted molar refractivity (Wildman–Crippen MR) is 105 cm³/mol. The maximum Gasteiger partial charge on any atom is 0.325 e. The molecule has 0 amide bonds. The van der Waals surface area contributed by atoms with Gasteiger partial charge in [0.2, 0.25) is 0 Å². The second kappa shape index (κ2) is 9.16. The molecule has 164 valence electrons. The molecule has 9 heteroatoms. The quantitative estimate of drug-likeness (QED) is 0.472. The fourth-order valence-electron chi connectivity index (χ4n) is 4.33. The van der Waals surface area contributed by atoms with Crippen molar-refractivity contribution in [3.8, 4) is 0 Å². The molecule has 0 spiro atoms. The number of rotatable bonds is 5. The fourth-order valence-corrected chi connectivity index (χ4v) is 5.66. The normalized spacial score (nSPS) is 37.6. The molecular formula is C19H35NO7S. The molecule has 3 aliphatic rings. The predicted octanol–water partition coefficient (Wildman–Crippen LogP) is 0.605. The number of ether oxygens (including phenoxy) is 2. The molecule has 3 heterocycles. The number of hydrogen-bond acceptors (Lipinski definition) is 7. The highest BCUT2D eigenvalue weighted by Gasteiger charge is 2.53. The van der Waals surface area contributed by atoms with E-state index in [1.807, 2.05) is 27.7 Å². The van der Waals surface area contributed by atoms with Crippen molar-refractivity contribution >= 4 is 17.1 Å². The first kappa shape index (κ1) is 23.9. The SMILES string of the molecule is CC1(C)CCCCC(C)(C)C2C(C[S+]([O-])CC(N)C(=O)O)OC(O1)C(O)C2O. The summed E-state index contributed by atoms with van der Waals surface area (Å²) in [5, 5.41) is 30.5. The average Bonchev–Trinajstić information content (AvgIpc) is 2.57. The van der Waals surface area contributed by atoms with Crippen molar-refractivity contribution in [1.82, 2.24) is 0 Å². The minimum atomic E-state index is -1.56. The van der Waals surface area contributed by atoms with Gasteiger partial charge in [-0.2, -0.15) is 0 Å². The van der Waals surface area contributed by atoms with E-state index in [9.17, 15) is 19.6 Å². The van der Waals surface area contributed by atoms with Gasteiger partial charge in [0.05, 0.1) is 11.7 Å².